The third-order valence-corrected chi connectivity index (χ3v) is 5.42. The van der Waals surface area contributed by atoms with Gasteiger partial charge >= 0.3 is 6.18 Å². The molecule has 2 atom stereocenters. The molecule has 0 aromatic heterocycles. The predicted octanol–water partition coefficient (Wildman–Crippen LogP) is 3.50. The molecule has 1 heterocycles. The molecule has 4 nitrogen and oxygen atoms in total. The molecule has 0 aliphatic carbocycles. The molecule has 136 valence electrons. The molecule has 1 N–H and O–H groups in total. The van der Waals surface area contributed by atoms with Crippen molar-refractivity contribution >= 4 is 10.0 Å². The number of hydrogen-bond donors (Lipinski definition) is 1. The second-order valence-electron chi connectivity index (χ2n) is 6.38. The van der Waals surface area contributed by atoms with Crippen molar-refractivity contribution in [3.63, 3.8) is 0 Å². The summed E-state index contributed by atoms with van der Waals surface area (Å²) in [5.41, 5.74) is -0.245. The van der Waals surface area contributed by atoms with E-state index < -0.39 is 27.8 Å². The van der Waals surface area contributed by atoms with E-state index >= 15 is 0 Å². The zero-order valence-corrected chi connectivity index (χ0v) is 14.5. The average molecular weight is 365 g/mol. The molecule has 24 heavy (non-hydrogen) atoms. The third kappa shape index (κ3) is 5.19. The SMILES string of the molecule is CC(C)C(NS(=O)(=O)CC1CCCO1)c1ccc(C(F)(F)F)cc1. The van der Waals surface area contributed by atoms with Crippen LogP contribution in [0.3, 0.4) is 0 Å². The van der Waals surface area contributed by atoms with Gasteiger partial charge in [0.05, 0.1) is 17.4 Å². The van der Waals surface area contributed by atoms with Gasteiger partial charge in [-0.1, -0.05) is 26.0 Å². The molecule has 1 fully saturated rings. The lowest BCUT2D eigenvalue weighted by atomic mass is 9.96. The maximum atomic E-state index is 12.7. The topological polar surface area (TPSA) is 55.4 Å². The highest BCUT2D eigenvalue weighted by Gasteiger charge is 2.31. The molecule has 0 amide bonds. The van der Waals surface area contributed by atoms with Crippen molar-refractivity contribution in [3.8, 4) is 0 Å². The van der Waals surface area contributed by atoms with Crippen molar-refractivity contribution in [3.05, 3.63) is 35.4 Å². The van der Waals surface area contributed by atoms with Gasteiger partial charge in [-0.2, -0.15) is 13.2 Å². The Morgan fingerprint density at radius 2 is 1.88 bits per heavy atom. The highest BCUT2D eigenvalue weighted by atomic mass is 32.2. The molecule has 1 aromatic rings. The van der Waals surface area contributed by atoms with E-state index in [9.17, 15) is 21.6 Å². The summed E-state index contributed by atoms with van der Waals surface area (Å²) in [5.74, 6) is -0.238. The number of alkyl halides is 3. The Kier molecular flexibility index (Phi) is 5.93. The minimum Gasteiger partial charge on any atom is -0.377 e. The summed E-state index contributed by atoms with van der Waals surface area (Å²) in [4.78, 5) is 0. The number of ether oxygens (including phenoxy) is 1. The summed E-state index contributed by atoms with van der Waals surface area (Å²) < 4.78 is 70.6. The summed E-state index contributed by atoms with van der Waals surface area (Å²) in [6, 6.07) is 4.00. The van der Waals surface area contributed by atoms with E-state index in [0.29, 0.717) is 18.6 Å². The molecule has 1 aromatic carbocycles. The first-order valence-corrected chi connectivity index (χ1v) is 9.52. The fourth-order valence-corrected chi connectivity index (χ4v) is 4.37. The number of nitrogens with one attached hydrogen (secondary N) is 1. The van der Waals surface area contributed by atoms with Gasteiger partial charge < -0.3 is 4.74 Å². The lowest BCUT2D eigenvalue weighted by Gasteiger charge is -2.24. The van der Waals surface area contributed by atoms with Crippen LogP contribution in [0.15, 0.2) is 24.3 Å². The van der Waals surface area contributed by atoms with Gasteiger partial charge in [0, 0.05) is 12.6 Å². The molecule has 0 spiro atoms. The van der Waals surface area contributed by atoms with Gasteiger partial charge in [-0.3, -0.25) is 0 Å². The number of halogens is 3. The van der Waals surface area contributed by atoms with E-state index in [4.69, 9.17) is 4.74 Å². The van der Waals surface area contributed by atoms with E-state index in [1.807, 2.05) is 13.8 Å². The Balaban J connectivity index is 2.14. The van der Waals surface area contributed by atoms with Crippen LogP contribution in [0.1, 0.15) is 43.9 Å². The minimum atomic E-state index is -4.41. The van der Waals surface area contributed by atoms with Crippen molar-refractivity contribution in [2.45, 2.75) is 45.0 Å². The second-order valence-corrected chi connectivity index (χ2v) is 8.17. The van der Waals surface area contributed by atoms with Gasteiger partial charge in [-0.25, -0.2) is 13.1 Å². The molecule has 1 aliphatic rings. The standard InChI is InChI=1S/C16H22F3NO3S/c1-11(2)15(12-5-7-13(8-6-12)16(17,18)19)20-24(21,22)10-14-4-3-9-23-14/h5-8,11,14-15,20H,3-4,9-10H2,1-2H3. The Hall–Kier alpha value is -1.12. The summed E-state index contributed by atoms with van der Waals surface area (Å²) in [6.45, 7) is 4.19. The van der Waals surface area contributed by atoms with Crippen LogP contribution >= 0.6 is 0 Å². The van der Waals surface area contributed by atoms with Gasteiger partial charge in [0.25, 0.3) is 0 Å². The normalized spacial score (nSPS) is 20.5. The van der Waals surface area contributed by atoms with E-state index in [1.54, 1.807) is 0 Å². The maximum Gasteiger partial charge on any atom is 0.416 e. The van der Waals surface area contributed by atoms with E-state index in [0.717, 1.165) is 18.6 Å². The molecule has 1 saturated heterocycles. The van der Waals surface area contributed by atoms with E-state index in [2.05, 4.69) is 4.72 Å². The number of hydrogen-bond acceptors (Lipinski definition) is 3. The summed E-state index contributed by atoms with van der Waals surface area (Å²) >= 11 is 0. The summed E-state index contributed by atoms with van der Waals surface area (Å²) in [5, 5.41) is 0. The van der Waals surface area contributed by atoms with Crippen LogP contribution in [0.4, 0.5) is 13.2 Å². The third-order valence-electron chi connectivity index (χ3n) is 4.00. The number of benzene rings is 1. The lowest BCUT2D eigenvalue weighted by Crippen LogP contribution is -2.36. The molecular weight excluding hydrogens is 343 g/mol. The van der Waals surface area contributed by atoms with Gasteiger partial charge in [0.15, 0.2) is 0 Å². The number of sulfonamides is 1. The second kappa shape index (κ2) is 7.41. The van der Waals surface area contributed by atoms with Gasteiger partial charge in [0.2, 0.25) is 10.0 Å². The lowest BCUT2D eigenvalue weighted by molar-refractivity contribution is -0.137. The molecule has 2 rings (SSSR count). The predicted molar refractivity (Wildman–Crippen MR) is 84.9 cm³/mol. The zero-order valence-electron chi connectivity index (χ0n) is 13.6. The van der Waals surface area contributed by atoms with Crippen LogP contribution in [-0.4, -0.2) is 26.9 Å². The van der Waals surface area contributed by atoms with E-state index in [1.165, 1.54) is 12.1 Å². The Morgan fingerprint density at radius 3 is 2.33 bits per heavy atom. The Labute approximate surface area is 140 Å². The largest absolute Gasteiger partial charge is 0.416 e. The zero-order chi connectivity index (χ0) is 18.0. The summed E-state index contributed by atoms with van der Waals surface area (Å²) in [6.07, 6.45) is -3.19. The highest BCUT2D eigenvalue weighted by molar-refractivity contribution is 7.89. The fraction of sp³-hybridized carbons (Fsp3) is 0.625. The van der Waals surface area contributed by atoms with Crippen molar-refractivity contribution < 1.29 is 26.3 Å². The van der Waals surface area contributed by atoms with Crippen LogP contribution in [0, 0.1) is 5.92 Å². The molecular formula is C16H22F3NO3S. The quantitative estimate of drug-likeness (QED) is 0.839. The molecule has 1 aliphatic heterocycles. The monoisotopic (exact) mass is 365 g/mol. The highest BCUT2D eigenvalue weighted by Crippen LogP contribution is 2.31. The number of rotatable bonds is 6. The maximum absolute atomic E-state index is 12.7. The molecule has 2 unspecified atom stereocenters. The smallest absolute Gasteiger partial charge is 0.377 e. The first-order valence-electron chi connectivity index (χ1n) is 7.87. The molecule has 8 heteroatoms. The van der Waals surface area contributed by atoms with Crippen LogP contribution in [0.2, 0.25) is 0 Å². The van der Waals surface area contributed by atoms with Gasteiger partial charge in [-0.15, -0.1) is 0 Å². The first kappa shape index (κ1) is 19.2. The average Bonchev–Trinajstić information content (AvgIpc) is 2.96. The van der Waals surface area contributed by atoms with Crippen LogP contribution < -0.4 is 4.72 Å². The summed E-state index contributed by atoms with van der Waals surface area (Å²) in [7, 11) is -3.59. The molecule has 0 saturated carbocycles. The van der Waals surface area contributed by atoms with Crippen molar-refractivity contribution in [2.24, 2.45) is 5.92 Å². The Morgan fingerprint density at radius 1 is 1.25 bits per heavy atom. The van der Waals surface area contributed by atoms with E-state index in [-0.39, 0.29) is 17.8 Å². The van der Waals surface area contributed by atoms with Crippen molar-refractivity contribution in [1.82, 2.24) is 4.72 Å². The fourth-order valence-electron chi connectivity index (χ4n) is 2.73. The van der Waals surface area contributed by atoms with Crippen molar-refractivity contribution in [1.29, 1.82) is 0 Å². The molecule has 0 bridgehead atoms. The minimum absolute atomic E-state index is 0.110. The van der Waals surface area contributed by atoms with Crippen LogP contribution in [0.5, 0.6) is 0 Å². The van der Waals surface area contributed by atoms with Crippen LogP contribution in [-0.2, 0) is 20.9 Å². The van der Waals surface area contributed by atoms with Gasteiger partial charge in [0.1, 0.15) is 0 Å². The Bertz CT molecular complexity index is 636. The van der Waals surface area contributed by atoms with Crippen LogP contribution in [0.25, 0.3) is 0 Å². The first-order chi connectivity index (χ1) is 11.1. The molecule has 0 radical (unpaired) electrons. The van der Waals surface area contributed by atoms with Crippen molar-refractivity contribution in [2.75, 3.05) is 12.4 Å². The van der Waals surface area contributed by atoms with Gasteiger partial charge in [-0.05, 0) is 36.5 Å².